The fourth-order valence-corrected chi connectivity index (χ4v) is 4.93. The van der Waals surface area contributed by atoms with Crippen molar-refractivity contribution in [3.05, 3.63) is 51.9 Å². The number of anilines is 1. The molecule has 144 valence electrons. The molecular formula is C21H27N2O3S+. The maximum absolute atomic E-state index is 13.1. The van der Waals surface area contributed by atoms with Crippen LogP contribution in [0.15, 0.2) is 30.3 Å². The zero-order valence-electron chi connectivity index (χ0n) is 16.1. The molecular weight excluding hydrogens is 360 g/mol. The van der Waals surface area contributed by atoms with Crippen molar-refractivity contribution in [2.75, 3.05) is 26.0 Å². The van der Waals surface area contributed by atoms with Gasteiger partial charge in [0.05, 0.1) is 26.3 Å². The average Bonchev–Trinajstić information content (AvgIpc) is 3.00. The second-order valence-corrected chi connectivity index (χ2v) is 8.15. The van der Waals surface area contributed by atoms with Crippen LogP contribution in [-0.2, 0) is 22.4 Å². The molecule has 0 saturated carbocycles. The Bertz CT molecular complexity index is 814. The highest BCUT2D eigenvalue weighted by molar-refractivity contribution is 7.17. The Balaban J connectivity index is 1.93. The van der Waals surface area contributed by atoms with E-state index in [0.29, 0.717) is 17.2 Å². The number of esters is 1. The lowest BCUT2D eigenvalue weighted by molar-refractivity contribution is -0.881. The summed E-state index contributed by atoms with van der Waals surface area (Å²) in [4.78, 5) is 27.9. The van der Waals surface area contributed by atoms with Gasteiger partial charge in [-0.15, -0.1) is 11.3 Å². The first-order valence-corrected chi connectivity index (χ1v) is 10.3. The molecule has 0 spiro atoms. The molecule has 6 heteroatoms. The molecule has 1 aliphatic rings. The van der Waals surface area contributed by atoms with E-state index in [0.717, 1.165) is 41.7 Å². The van der Waals surface area contributed by atoms with Gasteiger partial charge in [0, 0.05) is 10.4 Å². The van der Waals surface area contributed by atoms with Gasteiger partial charge in [0.1, 0.15) is 5.00 Å². The van der Waals surface area contributed by atoms with Crippen molar-refractivity contribution < 1.29 is 19.2 Å². The Morgan fingerprint density at radius 3 is 2.56 bits per heavy atom. The topological polar surface area (TPSA) is 59.8 Å². The molecule has 1 aliphatic carbocycles. The Kier molecular flexibility index (Phi) is 6.29. The number of hydrogen-bond donors (Lipinski definition) is 2. The first kappa shape index (κ1) is 19.6. The molecule has 0 fully saturated rings. The van der Waals surface area contributed by atoms with Crippen molar-refractivity contribution in [3.8, 4) is 0 Å². The molecule has 2 N–H and O–H groups in total. The van der Waals surface area contributed by atoms with Crippen molar-refractivity contribution in [2.45, 2.75) is 38.6 Å². The molecule has 1 aromatic carbocycles. The molecule has 0 saturated heterocycles. The maximum Gasteiger partial charge on any atom is 0.341 e. The number of hydrogen-bond acceptors (Lipinski definition) is 4. The van der Waals surface area contributed by atoms with Gasteiger partial charge in [0.25, 0.3) is 5.91 Å². The summed E-state index contributed by atoms with van der Waals surface area (Å²) < 4.78 is 5.28. The van der Waals surface area contributed by atoms with E-state index in [1.165, 1.54) is 16.2 Å². The van der Waals surface area contributed by atoms with Gasteiger partial charge in [-0.25, -0.2) is 4.79 Å². The van der Waals surface area contributed by atoms with Crippen molar-refractivity contribution in [1.29, 1.82) is 0 Å². The fourth-order valence-electron chi connectivity index (χ4n) is 3.65. The van der Waals surface area contributed by atoms with Crippen molar-refractivity contribution in [1.82, 2.24) is 0 Å². The summed E-state index contributed by atoms with van der Waals surface area (Å²) in [6.45, 7) is 2.13. The quantitative estimate of drug-likeness (QED) is 0.749. The minimum Gasteiger partial charge on any atom is -0.462 e. The van der Waals surface area contributed by atoms with Gasteiger partial charge in [-0.05, 0) is 38.2 Å². The van der Waals surface area contributed by atoms with Crippen LogP contribution in [0.5, 0.6) is 0 Å². The van der Waals surface area contributed by atoms with E-state index in [2.05, 4.69) is 5.32 Å². The molecule has 3 rings (SSSR count). The minimum absolute atomic E-state index is 0.106. The number of carbonyl (C=O) groups is 2. The molecule has 0 bridgehead atoms. The number of aryl methyl sites for hydroxylation is 1. The molecule has 2 aromatic rings. The standard InChI is InChI=1S/C21H26N2O3S/c1-4-26-21(25)17-15-12-8-9-13-16(15)27-20(17)22-19(24)18(23(2)3)14-10-6-5-7-11-14/h5-7,10-11,18H,4,8-9,12-13H2,1-3H3,(H,22,24)/p+1/t18-/m0/s1. The predicted molar refractivity (Wildman–Crippen MR) is 108 cm³/mol. The lowest BCUT2D eigenvalue weighted by atomic mass is 9.95. The van der Waals surface area contributed by atoms with Crippen LogP contribution in [0.4, 0.5) is 5.00 Å². The van der Waals surface area contributed by atoms with Gasteiger partial charge in [-0.3, -0.25) is 4.79 Å². The third kappa shape index (κ3) is 4.22. The van der Waals surface area contributed by atoms with Gasteiger partial charge in [-0.1, -0.05) is 30.3 Å². The molecule has 1 atom stereocenters. The number of rotatable bonds is 6. The number of nitrogens with one attached hydrogen (secondary N) is 2. The first-order valence-electron chi connectivity index (χ1n) is 9.50. The molecule has 1 amide bonds. The Morgan fingerprint density at radius 1 is 1.19 bits per heavy atom. The molecule has 1 heterocycles. The van der Waals surface area contributed by atoms with E-state index >= 15 is 0 Å². The molecule has 5 nitrogen and oxygen atoms in total. The van der Waals surface area contributed by atoms with E-state index in [4.69, 9.17) is 4.74 Å². The van der Waals surface area contributed by atoms with Crippen LogP contribution in [0.25, 0.3) is 0 Å². The van der Waals surface area contributed by atoms with Crippen molar-refractivity contribution in [3.63, 3.8) is 0 Å². The Morgan fingerprint density at radius 2 is 1.89 bits per heavy atom. The van der Waals surface area contributed by atoms with E-state index in [1.54, 1.807) is 6.92 Å². The third-order valence-corrected chi connectivity index (χ3v) is 6.07. The van der Waals surface area contributed by atoms with Gasteiger partial charge in [-0.2, -0.15) is 0 Å². The summed E-state index contributed by atoms with van der Waals surface area (Å²) in [5.41, 5.74) is 2.58. The van der Waals surface area contributed by atoms with Crippen LogP contribution in [-0.4, -0.2) is 32.6 Å². The maximum atomic E-state index is 13.1. The van der Waals surface area contributed by atoms with Gasteiger partial charge in [0.2, 0.25) is 0 Å². The predicted octanol–water partition coefficient (Wildman–Crippen LogP) is 2.63. The second kappa shape index (κ2) is 8.67. The first-order chi connectivity index (χ1) is 13.0. The third-order valence-electron chi connectivity index (χ3n) is 4.86. The number of likely N-dealkylation sites (N-methyl/N-ethyl adjacent to an activating group) is 1. The van der Waals surface area contributed by atoms with Crippen LogP contribution < -0.4 is 10.2 Å². The van der Waals surface area contributed by atoms with Crippen molar-refractivity contribution >= 4 is 28.2 Å². The summed E-state index contributed by atoms with van der Waals surface area (Å²) in [7, 11) is 3.92. The lowest BCUT2D eigenvalue weighted by Gasteiger charge is -2.21. The van der Waals surface area contributed by atoms with Crippen LogP contribution in [0.1, 0.15) is 52.2 Å². The molecule has 1 aromatic heterocycles. The number of fused-ring (bicyclic) bond motifs is 1. The monoisotopic (exact) mass is 387 g/mol. The number of ether oxygens (including phenoxy) is 1. The van der Waals surface area contributed by atoms with E-state index in [-0.39, 0.29) is 17.9 Å². The van der Waals surface area contributed by atoms with Crippen LogP contribution >= 0.6 is 11.3 Å². The van der Waals surface area contributed by atoms with Crippen molar-refractivity contribution in [2.24, 2.45) is 0 Å². The molecule has 0 unspecified atom stereocenters. The van der Waals surface area contributed by atoms with E-state index < -0.39 is 0 Å². The smallest absolute Gasteiger partial charge is 0.341 e. The van der Waals surface area contributed by atoms with E-state index in [1.807, 2.05) is 44.4 Å². The SMILES string of the molecule is CCOC(=O)c1c(NC(=O)[C@H](c2ccccc2)[NH+](C)C)sc2c1CCCC2. The Labute approximate surface area is 164 Å². The summed E-state index contributed by atoms with van der Waals surface area (Å²) in [6, 6.07) is 9.39. The van der Waals surface area contributed by atoms with Gasteiger partial charge < -0.3 is 15.0 Å². The zero-order chi connectivity index (χ0) is 19.4. The zero-order valence-corrected chi connectivity index (χ0v) is 16.9. The highest BCUT2D eigenvalue weighted by atomic mass is 32.1. The summed E-state index contributed by atoms with van der Waals surface area (Å²) in [5, 5.41) is 3.68. The molecule has 0 aliphatic heterocycles. The van der Waals surface area contributed by atoms with Crippen LogP contribution in [0.3, 0.4) is 0 Å². The van der Waals surface area contributed by atoms with Crippen LogP contribution in [0.2, 0.25) is 0 Å². The largest absolute Gasteiger partial charge is 0.462 e. The van der Waals surface area contributed by atoms with Gasteiger partial charge >= 0.3 is 5.97 Å². The van der Waals surface area contributed by atoms with E-state index in [9.17, 15) is 9.59 Å². The fraction of sp³-hybridized carbons (Fsp3) is 0.429. The average molecular weight is 388 g/mol. The summed E-state index contributed by atoms with van der Waals surface area (Å²) in [6.07, 6.45) is 4.02. The van der Waals surface area contributed by atoms with Gasteiger partial charge in [0.15, 0.2) is 6.04 Å². The molecule has 0 radical (unpaired) electrons. The number of thiophene rings is 1. The normalized spacial score (nSPS) is 14.5. The Hall–Kier alpha value is -2.18. The molecule has 27 heavy (non-hydrogen) atoms. The second-order valence-electron chi connectivity index (χ2n) is 7.05. The summed E-state index contributed by atoms with van der Waals surface area (Å²) >= 11 is 1.53. The summed E-state index contributed by atoms with van der Waals surface area (Å²) in [5.74, 6) is -0.439. The highest BCUT2D eigenvalue weighted by Gasteiger charge is 2.31. The number of quaternary nitrogens is 1. The number of amides is 1. The van der Waals surface area contributed by atoms with Crippen LogP contribution in [0, 0.1) is 0 Å². The number of carbonyl (C=O) groups excluding carboxylic acids is 2. The lowest BCUT2D eigenvalue weighted by Crippen LogP contribution is -3.07. The number of benzene rings is 1. The highest BCUT2D eigenvalue weighted by Crippen LogP contribution is 2.38. The minimum atomic E-state index is -0.347.